The lowest BCUT2D eigenvalue weighted by Crippen LogP contribution is -2.35. The molecule has 1 aliphatic rings. The Kier molecular flexibility index (Phi) is 5.72. The third-order valence-electron chi connectivity index (χ3n) is 4.65. The summed E-state index contributed by atoms with van der Waals surface area (Å²) in [6, 6.07) is 3.77. The number of benzene rings is 1. The normalized spacial score (nSPS) is 25.0. The van der Waals surface area contributed by atoms with Gasteiger partial charge in [-0.3, -0.25) is 0 Å². The van der Waals surface area contributed by atoms with Crippen LogP contribution in [0.25, 0.3) is 0 Å². The van der Waals surface area contributed by atoms with Crippen molar-refractivity contribution in [2.45, 2.75) is 46.0 Å². The molecule has 1 fully saturated rings. The molecule has 2 unspecified atom stereocenters. The highest BCUT2D eigenvalue weighted by Crippen LogP contribution is 2.48. The minimum absolute atomic E-state index is 0.207. The van der Waals surface area contributed by atoms with Gasteiger partial charge in [-0.2, -0.15) is 0 Å². The zero-order chi connectivity index (χ0) is 15.6. The van der Waals surface area contributed by atoms with Crippen LogP contribution >= 0.6 is 27.5 Å². The van der Waals surface area contributed by atoms with E-state index in [9.17, 15) is 4.39 Å². The molecule has 4 heteroatoms. The zero-order valence-electron chi connectivity index (χ0n) is 13.0. The van der Waals surface area contributed by atoms with Crippen molar-refractivity contribution in [1.29, 1.82) is 0 Å². The number of hydrogen-bond donors (Lipinski definition) is 1. The molecule has 1 N–H and O–H groups in total. The summed E-state index contributed by atoms with van der Waals surface area (Å²) in [5.41, 5.74) is 1.04. The fraction of sp³-hybridized carbons (Fsp3) is 0.647. The average Bonchev–Trinajstić information content (AvgIpc) is 2.43. The van der Waals surface area contributed by atoms with Gasteiger partial charge in [0.2, 0.25) is 0 Å². The maximum absolute atomic E-state index is 14.6. The van der Waals surface area contributed by atoms with E-state index in [1.807, 2.05) is 12.1 Å². The average molecular weight is 377 g/mol. The van der Waals surface area contributed by atoms with Gasteiger partial charge < -0.3 is 5.32 Å². The Hall–Kier alpha value is -0.120. The molecule has 1 aliphatic carbocycles. The summed E-state index contributed by atoms with van der Waals surface area (Å²) in [5.74, 6) is 0.457. The van der Waals surface area contributed by atoms with Crippen LogP contribution in [0.1, 0.15) is 51.5 Å². The minimum Gasteiger partial charge on any atom is -0.317 e. The number of nitrogens with one attached hydrogen (secondary N) is 1. The van der Waals surface area contributed by atoms with E-state index < -0.39 is 0 Å². The van der Waals surface area contributed by atoms with Crippen LogP contribution in [0.5, 0.6) is 0 Å². The van der Waals surface area contributed by atoms with Crippen molar-refractivity contribution < 1.29 is 4.39 Å². The lowest BCUT2D eigenvalue weighted by atomic mass is 9.65. The lowest BCUT2D eigenvalue weighted by molar-refractivity contribution is 0.158. The molecule has 0 spiro atoms. The molecule has 0 saturated heterocycles. The Morgan fingerprint density at radius 3 is 2.81 bits per heavy atom. The van der Waals surface area contributed by atoms with Crippen LogP contribution in [0.2, 0.25) is 5.02 Å². The number of rotatable bonds is 4. The van der Waals surface area contributed by atoms with Crippen LogP contribution in [-0.2, 0) is 0 Å². The first-order chi connectivity index (χ1) is 9.85. The van der Waals surface area contributed by atoms with Crippen LogP contribution in [0.4, 0.5) is 4.39 Å². The van der Waals surface area contributed by atoms with E-state index in [1.54, 1.807) is 0 Å². The van der Waals surface area contributed by atoms with Gasteiger partial charge in [-0.1, -0.05) is 38.4 Å². The van der Waals surface area contributed by atoms with Crippen molar-refractivity contribution in [2.24, 2.45) is 11.3 Å². The van der Waals surface area contributed by atoms with Crippen molar-refractivity contribution in [3.8, 4) is 0 Å². The molecule has 0 aliphatic heterocycles. The summed E-state index contributed by atoms with van der Waals surface area (Å²) < 4.78 is 15.2. The highest BCUT2D eigenvalue weighted by Gasteiger charge is 2.37. The van der Waals surface area contributed by atoms with E-state index in [0.717, 1.165) is 31.5 Å². The summed E-state index contributed by atoms with van der Waals surface area (Å²) in [5, 5.41) is 3.63. The van der Waals surface area contributed by atoms with Crippen LogP contribution < -0.4 is 5.32 Å². The van der Waals surface area contributed by atoms with Crippen LogP contribution in [0, 0.1) is 17.2 Å². The lowest BCUT2D eigenvalue weighted by Gasteiger charge is -2.41. The molecule has 2 atom stereocenters. The molecule has 1 saturated carbocycles. The van der Waals surface area contributed by atoms with Gasteiger partial charge in [-0.15, -0.1) is 0 Å². The number of hydrogen-bond acceptors (Lipinski definition) is 1. The minimum atomic E-state index is -0.254. The Morgan fingerprint density at radius 2 is 2.14 bits per heavy atom. The second-order valence-corrected chi connectivity index (χ2v) is 8.08. The summed E-state index contributed by atoms with van der Waals surface area (Å²) in [6.45, 7) is 8.57. The van der Waals surface area contributed by atoms with Gasteiger partial charge in [0.25, 0.3) is 0 Å². The van der Waals surface area contributed by atoms with Crippen LogP contribution in [0.15, 0.2) is 16.6 Å². The Morgan fingerprint density at radius 1 is 1.43 bits per heavy atom. The van der Waals surface area contributed by atoms with Gasteiger partial charge in [0.05, 0.1) is 5.02 Å². The summed E-state index contributed by atoms with van der Waals surface area (Å²) in [7, 11) is 0. The van der Waals surface area contributed by atoms with Gasteiger partial charge in [-0.05, 0) is 77.2 Å². The predicted molar refractivity (Wildman–Crippen MR) is 91.5 cm³/mol. The molecular formula is C17H24BrClFN. The number of halogens is 3. The molecule has 0 amide bonds. The molecule has 118 valence electrons. The third kappa shape index (κ3) is 4.00. The Bertz CT molecular complexity index is 504. The first-order valence-electron chi connectivity index (χ1n) is 7.70. The van der Waals surface area contributed by atoms with Gasteiger partial charge >= 0.3 is 0 Å². The highest BCUT2D eigenvalue weighted by molar-refractivity contribution is 9.10. The van der Waals surface area contributed by atoms with Crippen molar-refractivity contribution in [3.05, 3.63) is 33.0 Å². The van der Waals surface area contributed by atoms with E-state index in [0.29, 0.717) is 10.4 Å². The topological polar surface area (TPSA) is 12.0 Å². The van der Waals surface area contributed by atoms with Crippen molar-refractivity contribution >= 4 is 27.5 Å². The molecule has 0 aromatic heterocycles. The zero-order valence-corrected chi connectivity index (χ0v) is 15.3. The molecule has 1 nitrogen and oxygen atoms in total. The Labute approximate surface area is 140 Å². The van der Waals surface area contributed by atoms with E-state index in [4.69, 9.17) is 11.6 Å². The molecule has 21 heavy (non-hydrogen) atoms. The summed E-state index contributed by atoms with van der Waals surface area (Å²) in [4.78, 5) is 0. The standard InChI is InChI=1S/C17H24BrClFN/c1-4-21-10-11-7-8-17(2,3)9-13(11)12-5-6-14(18)15(19)16(12)20/h5-6,11,13,21H,4,7-10H2,1-3H3. The molecule has 0 bridgehead atoms. The molecule has 1 aromatic rings. The van der Waals surface area contributed by atoms with Gasteiger partial charge in [0.15, 0.2) is 0 Å². The fourth-order valence-corrected chi connectivity index (χ4v) is 3.88. The van der Waals surface area contributed by atoms with E-state index >= 15 is 0 Å². The van der Waals surface area contributed by atoms with E-state index in [1.165, 1.54) is 6.42 Å². The molecule has 0 heterocycles. The second-order valence-electron chi connectivity index (χ2n) is 6.85. The van der Waals surface area contributed by atoms with E-state index in [2.05, 4.69) is 42.0 Å². The van der Waals surface area contributed by atoms with Gasteiger partial charge in [0.1, 0.15) is 5.82 Å². The first-order valence-corrected chi connectivity index (χ1v) is 8.87. The maximum atomic E-state index is 14.6. The largest absolute Gasteiger partial charge is 0.317 e. The monoisotopic (exact) mass is 375 g/mol. The molecular weight excluding hydrogens is 353 g/mol. The molecule has 1 aromatic carbocycles. The SMILES string of the molecule is CCNCC1CCC(C)(C)CC1c1ccc(Br)c(Cl)c1F. The van der Waals surface area contributed by atoms with Crippen molar-refractivity contribution in [3.63, 3.8) is 0 Å². The summed E-state index contributed by atoms with van der Waals surface area (Å²) >= 11 is 9.39. The summed E-state index contributed by atoms with van der Waals surface area (Å²) in [6.07, 6.45) is 3.35. The third-order valence-corrected chi connectivity index (χ3v) is 5.91. The smallest absolute Gasteiger partial charge is 0.146 e. The van der Waals surface area contributed by atoms with E-state index in [-0.39, 0.29) is 22.2 Å². The van der Waals surface area contributed by atoms with Crippen LogP contribution in [0.3, 0.4) is 0 Å². The quantitative estimate of drug-likeness (QED) is 0.659. The Balaban J connectivity index is 2.33. The van der Waals surface area contributed by atoms with Crippen molar-refractivity contribution in [2.75, 3.05) is 13.1 Å². The van der Waals surface area contributed by atoms with Gasteiger partial charge in [0, 0.05) is 4.47 Å². The molecule has 0 radical (unpaired) electrons. The maximum Gasteiger partial charge on any atom is 0.146 e. The van der Waals surface area contributed by atoms with Crippen molar-refractivity contribution in [1.82, 2.24) is 5.32 Å². The molecule has 2 rings (SSSR count). The van der Waals surface area contributed by atoms with Gasteiger partial charge in [-0.25, -0.2) is 4.39 Å². The fourth-order valence-electron chi connectivity index (χ4n) is 3.41. The van der Waals surface area contributed by atoms with Crippen LogP contribution in [-0.4, -0.2) is 13.1 Å². The predicted octanol–water partition coefficient (Wildman–Crippen LogP) is 5.76. The second kappa shape index (κ2) is 6.97. The highest BCUT2D eigenvalue weighted by atomic mass is 79.9. The first kappa shape index (κ1) is 17.2.